The Morgan fingerprint density at radius 2 is 2.10 bits per heavy atom. The molecule has 10 heteroatoms. The van der Waals surface area contributed by atoms with Crippen molar-refractivity contribution in [3.05, 3.63) is 59.5 Å². The molecule has 8 nitrogen and oxygen atoms in total. The van der Waals surface area contributed by atoms with Gasteiger partial charge in [0, 0.05) is 48.5 Å². The Kier molecular flexibility index (Phi) is 6.08. The average Bonchev–Trinajstić information content (AvgIpc) is 3.22. The van der Waals surface area contributed by atoms with Crippen molar-refractivity contribution in [1.82, 2.24) is 19.6 Å². The van der Waals surface area contributed by atoms with Crippen LogP contribution in [-0.2, 0) is 14.8 Å². The van der Waals surface area contributed by atoms with Crippen LogP contribution in [0.1, 0.15) is 12.0 Å². The molecular formula is C21H22ClN5O3S. The molecule has 1 saturated heterocycles. The molecule has 162 valence electrons. The zero-order valence-corrected chi connectivity index (χ0v) is 18.4. The molecule has 1 aromatic carbocycles. The first-order valence-corrected chi connectivity index (χ1v) is 11.7. The maximum absolute atomic E-state index is 13.3. The van der Waals surface area contributed by atoms with Gasteiger partial charge in [0.15, 0.2) is 0 Å². The van der Waals surface area contributed by atoms with E-state index in [2.05, 4.69) is 20.6 Å². The van der Waals surface area contributed by atoms with E-state index in [1.54, 1.807) is 30.6 Å². The topological polar surface area (TPSA) is 104 Å². The smallest absolute Gasteiger partial charge is 0.243 e. The van der Waals surface area contributed by atoms with Crippen molar-refractivity contribution in [2.45, 2.75) is 24.3 Å². The average molecular weight is 460 g/mol. The van der Waals surface area contributed by atoms with Crippen LogP contribution in [0, 0.1) is 6.92 Å². The molecule has 3 heterocycles. The molecule has 1 atom stereocenters. The van der Waals surface area contributed by atoms with E-state index in [4.69, 9.17) is 11.6 Å². The first-order valence-electron chi connectivity index (χ1n) is 9.83. The van der Waals surface area contributed by atoms with Crippen molar-refractivity contribution in [3.63, 3.8) is 0 Å². The van der Waals surface area contributed by atoms with E-state index in [0.29, 0.717) is 29.6 Å². The first kappa shape index (κ1) is 21.5. The van der Waals surface area contributed by atoms with Crippen LogP contribution in [0.25, 0.3) is 10.8 Å². The second kappa shape index (κ2) is 8.78. The minimum atomic E-state index is -3.77. The van der Waals surface area contributed by atoms with Gasteiger partial charge >= 0.3 is 0 Å². The number of fused-ring (bicyclic) bond motifs is 1. The molecule has 4 rings (SSSR count). The van der Waals surface area contributed by atoms with E-state index in [-0.39, 0.29) is 35.0 Å². The van der Waals surface area contributed by atoms with Gasteiger partial charge in [-0.3, -0.25) is 9.78 Å². The maximum Gasteiger partial charge on any atom is 0.243 e. The summed E-state index contributed by atoms with van der Waals surface area (Å²) < 4.78 is 28.0. The van der Waals surface area contributed by atoms with Gasteiger partial charge in [0.2, 0.25) is 15.9 Å². The number of anilines is 1. The molecule has 1 amide bonds. The van der Waals surface area contributed by atoms with Gasteiger partial charge in [-0.25, -0.2) is 13.4 Å². The van der Waals surface area contributed by atoms with Crippen molar-refractivity contribution in [1.29, 1.82) is 0 Å². The molecule has 1 aliphatic rings. The fraction of sp³-hybridized carbons (Fsp3) is 0.286. The number of nitrogens with one attached hydrogen (secondary N) is 2. The molecule has 0 saturated carbocycles. The van der Waals surface area contributed by atoms with E-state index in [0.717, 1.165) is 5.56 Å². The van der Waals surface area contributed by atoms with Crippen LogP contribution in [-0.4, -0.2) is 54.3 Å². The Morgan fingerprint density at radius 3 is 2.90 bits per heavy atom. The third-order valence-electron chi connectivity index (χ3n) is 5.26. The number of carbonyl (C=O) groups is 1. The summed E-state index contributed by atoms with van der Waals surface area (Å²) >= 11 is 6.25. The second-order valence-electron chi connectivity index (χ2n) is 7.41. The SMILES string of the molecule is Cc1cccnc1NCC(=O)N[C@H]1CCN(S(=O)(=O)c2cccc3cncc(Cl)c23)C1. The fourth-order valence-corrected chi connectivity index (χ4v) is 5.75. The maximum atomic E-state index is 13.3. The zero-order chi connectivity index (χ0) is 22.0. The van der Waals surface area contributed by atoms with Crippen LogP contribution in [0.3, 0.4) is 0 Å². The van der Waals surface area contributed by atoms with E-state index < -0.39 is 10.0 Å². The van der Waals surface area contributed by atoms with Crippen molar-refractivity contribution >= 4 is 44.1 Å². The van der Waals surface area contributed by atoms with Crippen LogP contribution in [0.4, 0.5) is 5.82 Å². The van der Waals surface area contributed by atoms with Gasteiger partial charge in [-0.05, 0) is 31.0 Å². The van der Waals surface area contributed by atoms with Gasteiger partial charge in [0.05, 0.1) is 16.5 Å². The van der Waals surface area contributed by atoms with Gasteiger partial charge in [0.25, 0.3) is 0 Å². The van der Waals surface area contributed by atoms with E-state index in [1.807, 2.05) is 19.1 Å². The molecule has 0 radical (unpaired) electrons. The number of hydrogen-bond donors (Lipinski definition) is 2. The number of halogens is 1. The fourth-order valence-electron chi connectivity index (χ4n) is 3.69. The number of sulfonamides is 1. The van der Waals surface area contributed by atoms with Crippen LogP contribution < -0.4 is 10.6 Å². The van der Waals surface area contributed by atoms with Crippen LogP contribution in [0.5, 0.6) is 0 Å². The lowest BCUT2D eigenvalue weighted by atomic mass is 10.2. The molecule has 0 bridgehead atoms. The predicted octanol–water partition coefficient (Wildman–Crippen LogP) is 2.58. The van der Waals surface area contributed by atoms with E-state index >= 15 is 0 Å². The van der Waals surface area contributed by atoms with Gasteiger partial charge in [-0.2, -0.15) is 4.31 Å². The highest BCUT2D eigenvalue weighted by atomic mass is 35.5. The lowest BCUT2D eigenvalue weighted by Gasteiger charge is -2.19. The van der Waals surface area contributed by atoms with Crippen molar-refractivity contribution in [2.75, 3.05) is 25.0 Å². The Balaban J connectivity index is 1.43. The van der Waals surface area contributed by atoms with Crippen molar-refractivity contribution in [2.24, 2.45) is 0 Å². The minimum absolute atomic E-state index is 0.0625. The normalized spacial score (nSPS) is 17.0. The summed E-state index contributed by atoms with van der Waals surface area (Å²) in [7, 11) is -3.77. The molecule has 0 aliphatic carbocycles. The van der Waals surface area contributed by atoms with Crippen LogP contribution in [0.15, 0.2) is 53.8 Å². The van der Waals surface area contributed by atoms with Gasteiger partial charge in [0.1, 0.15) is 5.82 Å². The molecule has 31 heavy (non-hydrogen) atoms. The summed E-state index contributed by atoms with van der Waals surface area (Å²) in [4.78, 5) is 20.7. The number of hydrogen-bond acceptors (Lipinski definition) is 6. The van der Waals surface area contributed by atoms with Crippen LogP contribution in [0.2, 0.25) is 5.02 Å². The summed E-state index contributed by atoms with van der Waals surface area (Å²) in [6, 6.07) is 8.47. The Bertz CT molecular complexity index is 1230. The summed E-state index contributed by atoms with van der Waals surface area (Å²) in [5.74, 6) is 0.434. The summed E-state index contributed by atoms with van der Waals surface area (Å²) in [6.45, 7) is 2.49. The van der Waals surface area contributed by atoms with Gasteiger partial charge in [-0.15, -0.1) is 0 Å². The van der Waals surface area contributed by atoms with Crippen molar-refractivity contribution < 1.29 is 13.2 Å². The highest BCUT2D eigenvalue weighted by Gasteiger charge is 2.34. The van der Waals surface area contributed by atoms with Gasteiger partial charge in [-0.1, -0.05) is 29.8 Å². The molecule has 1 fully saturated rings. The van der Waals surface area contributed by atoms with Crippen LogP contribution >= 0.6 is 11.6 Å². The van der Waals surface area contributed by atoms with E-state index in [1.165, 1.54) is 10.5 Å². The molecule has 2 N–H and O–H groups in total. The summed E-state index contributed by atoms with van der Waals surface area (Å²) in [6.07, 6.45) is 5.21. The Hall–Kier alpha value is -2.75. The standard InChI is InChI=1S/C21H22ClN5O3S/c1-14-4-3-8-24-21(14)25-12-19(28)26-16-7-9-27(13-16)31(29,30)18-6-2-5-15-10-23-11-17(22)20(15)18/h2-6,8,10-11,16H,7,9,12-13H2,1H3,(H,24,25)(H,26,28)/t16-/m0/s1. The number of aryl methyl sites for hydroxylation is 1. The second-order valence-corrected chi connectivity index (χ2v) is 9.73. The Labute approximate surface area is 185 Å². The monoisotopic (exact) mass is 459 g/mol. The lowest BCUT2D eigenvalue weighted by molar-refractivity contribution is -0.120. The molecule has 2 aromatic heterocycles. The summed E-state index contributed by atoms with van der Waals surface area (Å²) in [5, 5.41) is 7.31. The molecular weight excluding hydrogens is 438 g/mol. The Morgan fingerprint density at radius 1 is 1.26 bits per heavy atom. The number of aromatic nitrogens is 2. The number of amides is 1. The number of carbonyl (C=O) groups excluding carboxylic acids is 1. The lowest BCUT2D eigenvalue weighted by Crippen LogP contribution is -2.41. The summed E-state index contributed by atoms with van der Waals surface area (Å²) in [5.41, 5.74) is 0.942. The number of pyridine rings is 2. The molecule has 0 unspecified atom stereocenters. The predicted molar refractivity (Wildman–Crippen MR) is 120 cm³/mol. The van der Waals surface area contributed by atoms with Gasteiger partial charge < -0.3 is 10.6 Å². The highest BCUT2D eigenvalue weighted by Crippen LogP contribution is 2.32. The first-order chi connectivity index (χ1) is 14.9. The number of nitrogens with zero attached hydrogens (tertiary/aromatic N) is 3. The number of benzene rings is 1. The molecule has 0 spiro atoms. The third kappa shape index (κ3) is 4.48. The largest absolute Gasteiger partial charge is 0.361 e. The highest BCUT2D eigenvalue weighted by molar-refractivity contribution is 7.89. The minimum Gasteiger partial charge on any atom is -0.361 e. The number of rotatable bonds is 6. The zero-order valence-electron chi connectivity index (χ0n) is 16.9. The molecule has 3 aromatic rings. The quantitative estimate of drug-likeness (QED) is 0.587. The third-order valence-corrected chi connectivity index (χ3v) is 7.45. The van der Waals surface area contributed by atoms with E-state index in [9.17, 15) is 13.2 Å². The van der Waals surface area contributed by atoms with Crippen molar-refractivity contribution in [3.8, 4) is 0 Å². The molecule has 1 aliphatic heterocycles.